The van der Waals surface area contributed by atoms with Crippen molar-refractivity contribution in [2.45, 2.75) is 18.9 Å². The van der Waals surface area contributed by atoms with E-state index in [1.165, 1.54) is 12.1 Å². The molecule has 17 heavy (non-hydrogen) atoms. The normalized spacial score (nSPS) is 16.6. The quantitative estimate of drug-likeness (QED) is 0.817. The zero-order valence-electron chi connectivity index (χ0n) is 9.25. The smallest absolute Gasteiger partial charge is 0.252 e. The van der Waals surface area contributed by atoms with Crippen LogP contribution in [0.15, 0.2) is 18.2 Å². The third-order valence-electron chi connectivity index (χ3n) is 2.90. The molecule has 3 nitrogen and oxygen atoms in total. The van der Waals surface area contributed by atoms with E-state index in [1.807, 2.05) is 22.6 Å². The van der Waals surface area contributed by atoms with Gasteiger partial charge in [0.25, 0.3) is 5.91 Å². The number of hydrogen-bond acceptors (Lipinski definition) is 2. The molecule has 0 aliphatic heterocycles. The molecule has 0 heterocycles. The number of halogens is 2. The highest BCUT2D eigenvalue weighted by atomic mass is 127. The Bertz CT molecular complexity index is 435. The monoisotopic (exact) mass is 348 g/mol. The molecular formula is C12H14FIN2O. The second-order valence-corrected chi connectivity index (χ2v) is 5.50. The molecule has 1 atom stereocenters. The number of hydrogen-bond donors (Lipinski definition) is 2. The van der Waals surface area contributed by atoms with E-state index in [0.717, 1.165) is 16.4 Å². The van der Waals surface area contributed by atoms with Crippen LogP contribution in [-0.2, 0) is 0 Å². The van der Waals surface area contributed by atoms with Crippen LogP contribution in [0.1, 0.15) is 23.2 Å². The van der Waals surface area contributed by atoms with Gasteiger partial charge in [0, 0.05) is 16.2 Å². The van der Waals surface area contributed by atoms with Crippen molar-refractivity contribution in [1.29, 1.82) is 0 Å². The molecule has 0 saturated heterocycles. The summed E-state index contributed by atoms with van der Waals surface area (Å²) < 4.78 is 13.8. The van der Waals surface area contributed by atoms with E-state index in [4.69, 9.17) is 5.73 Å². The van der Waals surface area contributed by atoms with Crippen LogP contribution in [0.5, 0.6) is 0 Å². The maximum atomic E-state index is 13.0. The molecule has 1 unspecified atom stereocenters. The summed E-state index contributed by atoms with van der Waals surface area (Å²) in [6.07, 6.45) is 2.29. The molecule has 0 bridgehead atoms. The molecule has 0 aromatic heterocycles. The first kappa shape index (κ1) is 12.8. The first-order chi connectivity index (χ1) is 8.08. The molecule has 1 aliphatic carbocycles. The minimum absolute atomic E-state index is 0.0187. The second kappa shape index (κ2) is 5.30. The van der Waals surface area contributed by atoms with Gasteiger partial charge in [-0.3, -0.25) is 4.79 Å². The van der Waals surface area contributed by atoms with Crippen LogP contribution < -0.4 is 11.1 Å². The molecule has 0 radical (unpaired) electrons. The Kier molecular flexibility index (Phi) is 3.98. The molecule has 1 saturated carbocycles. The van der Waals surface area contributed by atoms with Gasteiger partial charge in [0.2, 0.25) is 0 Å². The van der Waals surface area contributed by atoms with Crippen molar-refractivity contribution < 1.29 is 9.18 Å². The summed E-state index contributed by atoms with van der Waals surface area (Å²) >= 11 is 2.02. The van der Waals surface area contributed by atoms with Gasteiger partial charge in [-0.1, -0.05) is 0 Å². The van der Waals surface area contributed by atoms with Crippen LogP contribution in [0.4, 0.5) is 4.39 Å². The predicted molar refractivity (Wildman–Crippen MR) is 72.1 cm³/mol. The third-order valence-corrected chi connectivity index (χ3v) is 3.84. The van der Waals surface area contributed by atoms with Crippen LogP contribution in [0.3, 0.4) is 0 Å². The van der Waals surface area contributed by atoms with Crippen LogP contribution >= 0.6 is 22.6 Å². The van der Waals surface area contributed by atoms with E-state index in [-0.39, 0.29) is 11.9 Å². The van der Waals surface area contributed by atoms with Crippen LogP contribution in [0.25, 0.3) is 0 Å². The van der Waals surface area contributed by atoms with Crippen molar-refractivity contribution in [1.82, 2.24) is 5.32 Å². The average molecular weight is 348 g/mol. The summed E-state index contributed by atoms with van der Waals surface area (Å²) in [5, 5.41) is 2.75. The summed E-state index contributed by atoms with van der Waals surface area (Å²) in [4.78, 5) is 11.8. The lowest BCUT2D eigenvalue weighted by molar-refractivity contribution is 0.0949. The fourth-order valence-electron chi connectivity index (χ4n) is 1.67. The zero-order chi connectivity index (χ0) is 12.4. The van der Waals surface area contributed by atoms with Crippen molar-refractivity contribution in [3.8, 4) is 0 Å². The Morgan fingerprint density at radius 1 is 1.59 bits per heavy atom. The molecule has 2 rings (SSSR count). The maximum absolute atomic E-state index is 13.0. The van der Waals surface area contributed by atoms with Gasteiger partial charge in [0.15, 0.2) is 0 Å². The van der Waals surface area contributed by atoms with Crippen LogP contribution in [0, 0.1) is 15.3 Å². The number of nitrogens with one attached hydrogen (secondary N) is 1. The standard InChI is InChI=1S/C12H14FIN2O/c13-8-3-4-10(14)9(5-8)12(17)16-6-11(15)7-1-2-7/h3-5,7,11H,1-2,6,15H2,(H,16,17). The van der Waals surface area contributed by atoms with E-state index in [9.17, 15) is 9.18 Å². The highest BCUT2D eigenvalue weighted by Gasteiger charge is 2.28. The number of rotatable bonds is 4. The Hall–Kier alpha value is -0.690. The summed E-state index contributed by atoms with van der Waals surface area (Å²) in [7, 11) is 0. The molecular weight excluding hydrogens is 334 g/mol. The number of amides is 1. The largest absolute Gasteiger partial charge is 0.350 e. The molecule has 1 aliphatic rings. The van der Waals surface area contributed by atoms with E-state index in [1.54, 1.807) is 6.07 Å². The summed E-state index contributed by atoms with van der Waals surface area (Å²) in [5.74, 6) is -0.117. The van der Waals surface area contributed by atoms with Gasteiger partial charge >= 0.3 is 0 Å². The molecule has 3 N–H and O–H groups in total. The van der Waals surface area contributed by atoms with E-state index < -0.39 is 5.82 Å². The molecule has 1 fully saturated rings. The van der Waals surface area contributed by atoms with Crippen molar-refractivity contribution in [2.24, 2.45) is 11.7 Å². The summed E-state index contributed by atoms with van der Waals surface area (Å²) in [6.45, 7) is 0.454. The van der Waals surface area contributed by atoms with Gasteiger partial charge in [0.1, 0.15) is 5.82 Å². The Morgan fingerprint density at radius 2 is 2.29 bits per heavy atom. The van der Waals surface area contributed by atoms with Crippen molar-refractivity contribution in [3.05, 3.63) is 33.1 Å². The number of benzene rings is 1. The van der Waals surface area contributed by atoms with Crippen molar-refractivity contribution in [3.63, 3.8) is 0 Å². The molecule has 5 heteroatoms. The Morgan fingerprint density at radius 3 is 2.94 bits per heavy atom. The fraction of sp³-hybridized carbons (Fsp3) is 0.417. The summed E-state index contributed by atoms with van der Waals surface area (Å²) in [5.41, 5.74) is 6.25. The molecule has 92 valence electrons. The fourth-order valence-corrected chi connectivity index (χ4v) is 2.25. The van der Waals surface area contributed by atoms with Crippen LogP contribution in [0.2, 0.25) is 0 Å². The lowest BCUT2D eigenvalue weighted by Gasteiger charge is -2.12. The van der Waals surface area contributed by atoms with Gasteiger partial charge in [-0.05, 0) is 59.5 Å². The zero-order valence-corrected chi connectivity index (χ0v) is 11.4. The predicted octanol–water partition coefficient (Wildman–Crippen LogP) is 1.90. The molecule has 1 amide bonds. The van der Waals surface area contributed by atoms with E-state index in [2.05, 4.69) is 5.32 Å². The highest BCUT2D eigenvalue weighted by Crippen LogP contribution is 2.31. The lowest BCUT2D eigenvalue weighted by Crippen LogP contribution is -2.38. The number of carbonyl (C=O) groups excluding carboxylic acids is 1. The minimum Gasteiger partial charge on any atom is -0.350 e. The van der Waals surface area contributed by atoms with Gasteiger partial charge in [-0.2, -0.15) is 0 Å². The number of carbonyl (C=O) groups is 1. The Balaban J connectivity index is 1.96. The second-order valence-electron chi connectivity index (χ2n) is 4.34. The van der Waals surface area contributed by atoms with Crippen LogP contribution in [-0.4, -0.2) is 18.5 Å². The van der Waals surface area contributed by atoms with Crippen molar-refractivity contribution in [2.75, 3.05) is 6.54 Å². The minimum atomic E-state index is -0.401. The SMILES string of the molecule is NC(CNC(=O)c1cc(F)ccc1I)C1CC1. The highest BCUT2D eigenvalue weighted by molar-refractivity contribution is 14.1. The Labute approximate surface area is 113 Å². The van der Waals surface area contributed by atoms with Gasteiger partial charge in [-0.15, -0.1) is 0 Å². The first-order valence-electron chi connectivity index (χ1n) is 5.57. The average Bonchev–Trinajstić information content (AvgIpc) is 3.12. The van der Waals surface area contributed by atoms with E-state index >= 15 is 0 Å². The van der Waals surface area contributed by atoms with E-state index in [0.29, 0.717) is 18.0 Å². The van der Waals surface area contributed by atoms with Gasteiger partial charge < -0.3 is 11.1 Å². The van der Waals surface area contributed by atoms with Gasteiger partial charge in [0.05, 0.1) is 5.56 Å². The lowest BCUT2D eigenvalue weighted by atomic mass is 10.1. The molecule has 1 aromatic rings. The number of nitrogens with two attached hydrogens (primary N) is 1. The topological polar surface area (TPSA) is 55.1 Å². The first-order valence-corrected chi connectivity index (χ1v) is 6.64. The molecule has 0 spiro atoms. The molecule has 1 aromatic carbocycles. The third kappa shape index (κ3) is 3.38. The summed E-state index contributed by atoms with van der Waals surface area (Å²) in [6, 6.07) is 4.20. The van der Waals surface area contributed by atoms with Crippen molar-refractivity contribution >= 4 is 28.5 Å². The van der Waals surface area contributed by atoms with Gasteiger partial charge in [-0.25, -0.2) is 4.39 Å². The maximum Gasteiger partial charge on any atom is 0.252 e.